The molecule has 2 aromatic rings. The summed E-state index contributed by atoms with van der Waals surface area (Å²) in [5.74, 6) is -0.661. The van der Waals surface area contributed by atoms with E-state index in [9.17, 15) is 14.4 Å². The molecule has 8 nitrogen and oxygen atoms in total. The van der Waals surface area contributed by atoms with Crippen LogP contribution in [0.4, 0.5) is 0 Å². The van der Waals surface area contributed by atoms with Crippen molar-refractivity contribution >= 4 is 17.9 Å². The molecule has 3 rings (SSSR count). The van der Waals surface area contributed by atoms with Gasteiger partial charge >= 0.3 is 17.9 Å². The number of esters is 3. The van der Waals surface area contributed by atoms with Gasteiger partial charge in [-0.25, -0.2) is 9.59 Å². The SMILES string of the molecule is C=C(C)C(=O)OC1CCC(c2cc(-c3ccc(OC(=O)C(=C)COC)cc3)ccc2OC(=O)C(C)COC)CC1. The van der Waals surface area contributed by atoms with Crippen LogP contribution in [0.3, 0.4) is 0 Å². The van der Waals surface area contributed by atoms with Crippen LogP contribution < -0.4 is 9.47 Å². The van der Waals surface area contributed by atoms with Crippen molar-refractivity contribution < 1.29 is 38.1 Å². The van der Waals surface area contributed by atoms with Gasteiger partial charge in [-0.2, -0.15) is 0 Å². The van der Waals surface area contributed by atoms with Gasteiger partial charge in [-0.15, -0.1) is 0 Å². The van der Waals surface area contributed by atoms with E-state index in [4.69, 9.17) is 23.7 Å². The van der Waals surface area contributed by atoms with Gasteiger partial charge in [0.25, 0.3) is 0 Å². The summed E-state index contributed by atoms with van der Waals surface area (Å²) in [6, 6.07) is 12.9. The van der Waals surface area contributed by atoms with E-state index in [1.165, 1.54) is 7.11 Å². The molecule has 0 N–H and O–H groups in total. The average Bonchev–Trinajstić information content (AvgIpc) is 2.94. The summed E-state index contributed by atoms with van der Waals surface area (Å²) in [4.78, 5) is 36.8. The standard InChI is InChI=1S/C32H38O8/c1-20(2)30(33)38-26-14-9-24(10-15-26)28-17-25(11-16-29(28)40-32(35)22(4)19-37-6)23-7-12-27(13-8-23)39-31(34)21(3)18-36-5/h7-8,11-13,16-17,22,24,26H,1,3,9-10,14-15,18-19H2,2,4-6H3. The first kappa shape index (κ1) is 30.8. The fourth-order valence-electron chi connectivity index (χ4n) is 4.54. The Hall–Kier alpha value is -3.75. The molecule has 0 amide bonds. The first-order chi connectivity index (χ1) is 19.1. The Kier molecular flexibility index (Phi) is 11.2. The first-order valence-electron chi connectivity index (χ1n) is 13.3. The molecule has 214 valence electrons. The lowest BCUT2D eigenvalue weighted by Crippen LogP contribution is -2.25. The van der Waals surface area contributed by atoms with E-state index in [1.54, 1.807) is 33.1 Å². The van der Waals surface area contributed by atoms with E-state index < -0.39 is 11.9 Å². The van der Waals surface area contributed by atoms with Crippen LogP contribution in [-0.2, 0) is 28.6 Å². The molecule has 1 unspecified atom stereocenters. The zero-order valence-corrected chi connectivity index (χ0v) is 23.7. The van der Waals surface area contributed by atoms with Crippen LogP contribution in [0.25, 0.3) is 11.1 Å². The fraction of sp³-hybridized carbons (Fsp3) is 0.406. The van der Waals surface area contributed by atoms with Crippen molar-refractivity contribution in [2.24, 2.45) is 5.92 Å². The van der Waals surface area contributed by atoms with Crippen LogP contribution in [0.1, 0.15) is 51.0 Å². The quantitative estimate of drug-likeness (QED) is 0.186. The number of methoxy groups -OCH3 is 2. The number of carbonyl (C=O) groups excluding carboxylic acids is 3. The van der Waals surface area contributed by atoms with E-state index in [2.05, 4.69) is 13.2 Å². The summed E-state index contributed by atoms with van der Waals surface area (Å²) in [5, 5.41) is 0. The van der Waals surface area contributed by atoms with Gasteiger partial charge in [0, 0.05) is 19.8 Å². The van der Waals surface area contributed by atoms with Crippen molar-refractivity contribution in [3.8, 4) is 22.6 Å². The Morgan fingerprint density at radius 1 is 0.875 bits per heavy atom. The molecule has 2 aromatic carbocycles. The third-order valence-electron chi connectivity index (χ3n) is 6.78. The monoisotopic (exact) mass is 550 g/mol. The fourth-order valence-corrected chi connectivity index (χ4v) is 4.54. The second kappa shape index (κ2) is 14.6. The minimum absolute atomic E-state index is 0.0963. The number of hydrogen-bond acceptors (Lipinski definition) is 8. The van der Waals surface area contributed by atoms with Gasteiger partial charge in [0.1, 0.15) is 17.6 Å². The minimum Gasteiger partial charge on any atom is -0.459 e. The van der Waals surface area contributed by atoms with Crippen LogP contribution in [0, 0.1) is 5.92 Å². The molecular weight excluding hydrogens is 512 g/mol. The van der Waals surface area contributed by atoms with Crippen LogP contribution in [-0.4, -0.2) is 51.4 Å². The van der Waals surface area contributed by atoms with Gasteiger partial charge in [0.15, 0.2) is 0 Å². The Balaban J connectivity index is 1.82. The predicted octanol–water partition coefficient (Wildman–Crippen LogP) is 5.80. The van der Waals surface area contributed by atoms with Crippen LogP contribution >= 0.6 is 0 Å². The first-order valence-corrected chi connectivity index (χ1v) is 13.3. The zero-order chi connectivity index (χ0) is 29.2. The maximum Gasteiger partial charge on any atom is 0.341 e. The Morgan fingerprint density at radius 3 is 2.12 bits per heavy atom. The minimum atomic E-state index is -0.546. The summed E-state index contributed by atoms with van der Waals surface area (Å²) in [7, 11) is 3.03. The Morgan fingerprint density at radius 2 is 1.52 bits per heavy atom. The normalized spacial score (nSPS) is 17.4. The summed E-state index contributed by atoms with van der Waals surface area (Å²) < 4.78 is 26.8. The topological polar surface area (TPSA) is 97.4 Å². The lowest BCUT2D eigenvalue weighted by molar-refractivity contribution is -0.146. The van der Waals surface area contributed by atoms with Gasteiger partial charge in [-0.1, -0.05) is 31.4 Å². The van der Waals surface area contributed by atoms with Crippen LogP contribution in [0.2, 0.25) is 0 Å². The zero-order valence-electron chi connectivity index (χ0n) is 23.7. The van der Waals surface area contributed by atoms with Gasteiger partial charge in [-0.05, 0) is 86.4 Å². The lowest BCUT2D eigenvalue weighted by Gasteiger charge is -2.30. The Bertz CT molecular complexity index is 1220. The highest BCUT2D eigenvalue weighted by Crippen LogP contribution is 2.41. The van der Waals surface area contributed by atoms with E-state index in [0.29, 0.717) is 29.9 Å². The van der Waals surface area contributed by atoms with E-state index >= 15 is 0 Å². The highest BCUT2D eigenvalue weighted by Gasteiger charge is 2.28. The molecule has 1 aliphatic carbocycles. The van der Waals surface area contributed by atoms with E-state index in [-0.39, 0.29) is 42.7 Å². The van der Waals surface area contributed by atoms with Crippen molar-refractivity contribution in [3.63, 3.8) is 0 Å². The van der Waals surface area contributed by atoms with Gasteiger partial charge in [0.2, 0.25) is 0 Å². The number of carbonyl (C=O) groups is 3. The lowest BCUT2D eigenvalue weighted by atomic mass is 9.81. The molecular formula is C32H38O8. The van der Waals surface area contributed by atoms with Crippen molar-refractivity contribution in [1.82, 2.24) is 0 Å². The smallest absolute Gasteiger partial charge is 0.341 e. The third-order valence-corrected chi connectivity index (χ3v) is 6.78. The molecule has 8 heteroatoms. The van der Waals surface area contributed by atoms with E-state index in [1.807, 2.05) is 30.3 Å². The number of hydrogen-bond donors (Lipinski definition) is 0. The molecule has 1 fully saturated rings. The number of ether oxygens (including phenoxy) is 5. The summed E-state index contributed by atoms with van der Waals surface area (Å²) in [5.41, 5.74) is 3.37. The molecule has 0 heterocycles. The van der Waals surface area contributed by atoms with Crippen LogP contribution in [0.5, 0.6) is 11.5 Å². The predicted molar refractivity (Wildman–Crippen MR) is 151 cm³/mol. The molecule has 0 saturated heterocycles. The van der Waals surface area contributed by atoms with Crippen molar-refractivity contribution in [2.45, 2.75) is 51.6 Å². The molecule has 1 aliphatic rings. The van der Waals surface area contributed by atoms with Gasteiger partial charge < -0.3 is 23.7 Å². The van der Waals surface area contributed by atoms with Crippen molar-refractivity contribution in [2.75, 3.05) is 27.4 Å². The Labute approximate surface area is 235 Å². The molecule has 0 aliphatic heterocycles. The van der Waals surface area contributed by atoms with Crippen LogP contribution in [0.15, 0.2) is 66.8 Å². The summed E-state index contributed by atoms with van der Waals surface area (Å²) in [6.07, 6.45) is 2.80. The highest BCUT2D eigenvalue weighted by atomic mass is 16.5. The molecule has 1 saturated carbocycles. The number of rotatable bonds is 12. The summed E-state index contributed by atoms with van der Waals surface area (Å²) >= 11 is 0. The van der Waals surface area contributed by atoms with Crippen molar-refractivity contribution in [1.29, 1.82) is 0 Å². The second-order valence-electron chi connectivity index (χ2n) is 10.1. The molecule has 0 bridgehead atoms. The molecule has 0 spiro atoms. The largest absolute Gasteiger partial charge is 0.459 e. The van der Waals surface area contributed by atoms with E-state index in [0.717, 1.165) is 29.5 Å². The maximum atomic E-state index is 12.7. The molecule has 1 atom stereocenters. The summed E-state index contributed by atoms with van der Waals surface area (Å²) in [6.45, 7) is 11.1. The average molecular weight is 551 g/mol. The molecule has 0 aromatic heterocycles. The molecule has 40 heavy (non-hydrogen) atoms. The van der Waals surface area contributed by atoms with Gasteiger partial charge in [0.05, 0.1) is 24.7 Å². The van der Waals surface area contributed by atoms with Gasteiger partial charge in [-0.3, -0.25) is 4.79 Å². The number of benzene rings is 2. The maximum absolute atomic E-state index is 12.7. The second-order valence-corrected chi connectivity index (χ2v) is 10.1. The third kappa shape index (κ3) is 8.37. The molecule has 0 radical (unpaired) electrons. The highest BCUT2D eigenvalue weighted by molar-refractivity contribution is 5.89. The van der Waals surface area contributed by atoms with Crippen molar-refractivity contribution in [3.05, 3.63) is 72.3 Å².